The SMILES string of the molecule is NCCOc1cc2c3c(c1)c(S(=O)(=O)c1cccc4ccccc14)nn3CCO2. The Hall–Kier alpha value is -3.10. The van der Waals surface area contributed by atoms with Crippen LogP contribution in [0.1, 0.15) is 0 Å². The first-order chi connectivity index (χ1) is 14.1. The molecule has 0 aliphatic carbocycles. The van der Waals surface area contributed by atoms with E-state index in [-0.39, 0.29) is 9.92 Å². The van der Waals surface area contributed by atoms with Gasteiger partial charge in [0.25, 0.3) is 0 Å². The van der Waals surface area contributed by atoms with Crippen molar-refractivity contribution in [2.45, 2.75) is 16.5 Å². The molecular formula is C21H19N3O4S. The summed E-state index contributed by atoms with van der Waals surface area (Å²) in [6.07, 6.45) is 0. The summed E-state index contributed by atoms with van der Waals surface area (Å²) in [6, 6.07) is 16.1. The summed E-state index contributed by atoms with van der Waals surface area (Å²) in [6.45, 7) is 1.58. The van der Waals surface area contributed by atoms with Crippen LogP contribution in [0, 0.1) is 0 Å². The van der Waals surface area contributed by atoms with Gasteiger partial charge in [0.2, 0.25) is 9.84 Å². The van der Waals surface area contributed by atoms with E-state index < -0.39 is 9.84 Å². The van der Waals surface area contributed by atoms with E-state index in [1.807, 2.05) is 30.3 Å². The Bertz CT molecular complexity index is 1340. The van der Waals surface area contributed by atoms with Gasteiger partial charge in [-0.15, -0.1) is 0 Å². The topological polar surface area (TPSA) is 96.4 Å². The number of hydrogen-bond acceptors (Lipinski definition) is 6. The zero-order valence-electron chi connectivity index (χ0n) is 15.5. The van der Waals surface area contributed by atoms with E-state index in [2.05, 4.69) is 5.10 Å². The largest absolute Gasteiger partial charge is 0.492 e. The van der Waals surface area contributed by atoms with Crippen molar-refractivity contribution < 1.29 is 17.9 Å². The van der Waals surface area contributed by atoms with Crippen LogP contribution in [-0.4, -0.2) is 38.0 Å². The Labute approximate surface area is 167 Å². The molecule has 1 aromatic heterocycles. The van der Waals surface area contributed by atoms with E-state index in [9.17, 15) is 8.42 Å². The van der Waals surface area contributed by atoms with Crippen molar-refractivity contribution in [2.24, 2.45) is 5.73 Å². The quantitative estimate of drug-likeness (QED) is 0.544. The number of fused-ring (bicyclic) bond motifs is 1. The molecule has 0 radical (unpaired) electrons. The Morgan fingerprint density at radius 3 is 2.79 bits per heavy atom. The van der Waals surface area contributed by atoms with Gasteiger partial charge in [-0.3, -0.25) is 4.68 Å². The average molecular weight is 409 g/mol. The van der Waals surface area contributed by atoms with Gasteiger partial charge >= 0.3 is 0 Å². The number of benzene rings is 3. The minimum Gasteiger partial charge on any atom is -0.492 e. The highest BCUT2D eigenvalue weighted by atomic mass is 32.2. The van der Waals surface area contributed by atoms with E-state index in [0.29, 0.717) is 54.1 Å². The number of rotatable bonds is 5. The van der Waals surface area contributed by atoms with Crippen LogP contribution in [0.15, 0.2) is 64.5 Å². The summed E-state index contributed by atoms with van der Waals surface area (Å²) in [7, 11) is -3.88. The monoisotopic (exact) mass is 409 g/mol. The van der Waals surface area contributed by atoms with Crippen molar-refractivity contribution >= 4 is 31.5 Å². The van der Waals surface area contributed by atoms with Crippen molar-refractivity contribution in [3.05, 3.63) is 54.6 Å². The number of sulfone groups is 1. The van der Waals surface area contributed by atoms with Crippen molar-refractivity contribution in [2.75, 3.05) is 19.8 Å². The summed E-state index contributed by atoms with van der Waals surface area (Å²) >= 11 is 0. The molecule has 5 rings (SSSR count). The predicted octanol–water partition coefficient (Wildman–Crippen LogP) is 2.75. The fourth-order valence-corrected chi connectivity index (χ4v) is 5.32. The molecule has 8 heteroatoms. The van der Waals surface area contributed by atoms with E-state index in [4.69, 9.17) is 15.2 Å². The molecule has 0 unspecified atom stereocenters. The summed E-state index contributed by atoms with van der Waals surface area (Å²) in [4.78, 5) is 0.233. The van der Waals surface area contributed by atoms with Crippen LogP contribution in [-0.2, 0) is 16.4 Å². The van der Waals surface area contributed by atoms with Gasteiger partial charge in [0, 0.05) is 23.4 Å². The average Bonchev–Trinajstić information content (AvgIpc) is 3.13. The maximum atomic E-state index is 13.7. The van der Waals surface area contributed by atoms with Gasteiger partial charge in [-0.1, -0.05) is 36.4 Å². The highest BCUT2D eigenvalue weighted by Gasteiger charge is 2.30. The highest BCUT2D eigenvalue weighted by molar-refractivity contribution is 7.91. The van der Waals surface area contributed by atoms with Crippen LogP contribution >= 0.6 is 0 Å². The first-order valence-corrected chi connectivity index (χ1v) is 10.8. The second kappa shape index (κ2) is 6.75. The molecule has 7 nitrogen and oxygen atoms in total. The molecule has 2 N–H and O–H groups in total. The third-order valence-corrected chi connectivity index (χ3v) is 6.74. The van der Waals surface area contributed by atoms with Gasteiger partial charge in [-0.25, -0.2) is 8.42 Å². The molecule has 0 bridgehead atoms. The lowest BCUT2D eigenvalue weighted by molar-refractivity contribution is 0.273. The molecule has 0 saturated heterocycles. The zero-order chi connectivity index (χ0) is 20.0. The summed E-state index contributed by atoms with van der Waals surface area (Å²) in [5, 5.41) is 6.49. The van der Waals surface area contributed by atoms with Gasteiger partial charge in [-0.05, 0) is 17.5 Å². The normalized spacial score (nSPS) is 13.6. The predicted molar refractivity (Wildman–Crippen MR) is 109 cm³/mol. The third-order valence-electron chi connectivity index (χ3n) is 4.99. The lowest BCUT2D eigenvalue weighted by Crippen LogP contribution is -2.15. The second-order valence-electron chi connectivity index (χ2n) is 6.81. The summed E-state index contributed by atoms with van der Waals surface area (Å²) in [5.74, 6) is 1.07. The Morgan fingerprint density at radius 2 is 1.93 bits per heavy atom. The second-order valence-corrected chi connectivity index (χ2v) is 8.65. The zero-order valence-corrected chi connectivity index (χ0v) is 16.4. The van der Waals surface area contributed by atoms with Crippen molar-refractivity contribution in [1.29, 1.82) is 0 Å². The molecule has 1 aliphatic heterocycles. The summed E-state index contributed by atoms with van der Waals surface area (Å²) in [5.41, 5.74) is 6.20. The van der Waals surface area contributed by atoms with Crippen LogP contribution < -0.4 is 15.2 Å². The van der Waals surface area contributed by atoms with E-state index in [0.717, 1.165) is 5.39 Å². The number of nitrogens with zero attached hydrogens (tertiary/aromatic N) is 2. The van der Waals surface area contributed by atoms with Crippen molar-refractivity contribution in [1.82, 2.24) is 9.78 Å². The molecule has 0 amide bonds. The fraction of sp³-hybridized carbons (Fsp3) is 0.190. The molecule has 0 atom stereocenters. The maximum Gasteiger partial charge on any atom is 0.226 e. The number of aromatic nitrogens is 2. The Kier molecular flexibility index (Phi) is 4.18. The molecule has 0 spiro atoms. The fourth-order valence-electron chi connectivity index (χ4n) is 3.73. The molecule has 1 aliphatic rings. The number of hydrogen-bond donors (Lipinski definition) is 1. The van der Waals surface area contributed by atoms with E-state index >= 15 is 0 Å². The third kappa shape index (κ3) is 2.83. The van der Waals surface area contributed by atoms with Gasteiger partial charge in [0.1, 0.15) is 30.2 Å². The van der Waals surface area contributed by atoms with Crippen LogP contribution in [0.5, 0.6) is 11.5 Å². The maximum absolute atomic E-state index is 13.7. The highest BCUT2D eigenvalue weighted by Crippen LogP contribution is 2.39. The lowest BCUT2D eigenvalue weighted by atomic mass is 10.1. The Balaban J connectivity index is 1.77. The van der Waals surface area contributed by atoms with Crippen molar-refractivity contribution in [3.8, 4) is 11.5 Å². The molecule has 148 valence electrons. The Morgan fingerprint density at radius 1 is 1.10 bits per heavy atom. The first kappa shape index (κ1) is 18.0. The standard InChI is InChI=1S/C21H19N3O4S/c22-8-10-27-15-12-17-20-18(13-15)28-11-9-24(20)23-21(17)29(25,26)19-7-3-5-14-4-1-2-6-16(14)19/h1-7,12-13H,8-11,22H2. The van der Waals surface area contributed by atoms with E-state index in [1.165, 1.54) is 0 Å². The molecule has 0 saturated carbocycles. The molecule has 3 aromatic carbocycles. The van der Waals surface area contributed by atoms with Gasteiger partial charge < -0.3 is 15.2 Å². The van der Waals surface area contributed by atoms with Gasteiger partial charge in [0.15, 0.2) is 5.03 Å². The minimum absolute atomic E-state index is 0.00815. The van der Waals surface area contributed by atoms with Crippen LogP contribution in [0.3, 0.4) is 0 Å². The molecule has 2 heterocycles. The van der Waals surface area contributed by atoms with Crippen molar-refractivity contribution in [3.63, 3.8) is 0 Å². The smallest absolute Gasteiger partial charge is 0.226 e. The molecule has 4 aromatic rings. The van der Waals surface area contributed by atoms with E-state index in [1.54, 1.807) is 28.9 Å². The van der Waals surface area contributed by atoms with Gasteiger partial charge in [0.05, 0.1) is 11.4 Å². The first-order valence-electron chi connectivity index (χ1n) is 9.32. The van der Waals surface area contributed by atoms with Gasteiger partial charge in [-0.2, -0.15) is 5.10 Å². The summed E-state index contributed by atoms with van der Waals surface area (Å²) < 4.78 is 40.4. The number of ether oxygens (including phenoxy) is 2. The van der Waals surface area contributed by atoms with Crippen LogP contribution in [0.4, 0.5) is 0 Å². The lowest BCUT2D eigenvalue weighted by Gasteiger charge is -2.16. The molecule has 29 heavy (non-hydrogen) atoms. The van der Waals surface area contributed by atoms with Crippen LogP contribution in [0.2, 0.25) is 0 Å². The number of nitrogens with two attached hydrogens (primary N) is 1. The molecular weight excluding hydrogens is 390 g/mol. The van der Waals surface area contributed by atoms with Crippen LogP contribution in [0.25, 0.3) is 21.7 Å². The minimum atomic E-state index is -3.88. The molecule has 0 fully saturated rings.